The van der Waals surface area contributed by atoms with E-state index in [1.807, 2.05) is 24.3 Å². The molecule has 4 heteroatoms. The normalized spacial score (nSPS) is 17.1. The minimum Gasteiger partial charge on any atom is -0.317 e. The summed E-state index contributed by atoms with van der Waals surface area (Å²) < 4.78 is 1.76. The minimum absolute atomic E-state index is 0.0825. The van der Waals surface area contributed by atoms with Gasteiger partial charge < -0.3 is 5.32 Å². The summed E-state index contributed by atoms with van der Waals surface area (Å²) in [6.07, 6.45) is 3.96. The molecule has 3 rings (SSSR count). The number of hydrogen-bond donors (Lipinski definition) is 1. The summed E-state index contributed by atoms with van der Waals surface area (Å²) in [6.45, 7) is 2.90. The molecule has 1 aromatic heterocycles. The van der Waals surface area contributed by atoms with Crippen LogP contribution in [0.1, 0.15) is 12.8 Å². The van der Waals surface area contributed by atoms with Crippen molar-refractivity contribution < 1.29 is 0 Å². The Morgan fingerprint density at radius 3 is 2.89 bits per heavy atom. The van der Waals surface area contributed by atoms with Crippen LogP contribution in [0.4, 0.5) is 0 Å². The van der Waals surface area contributed by atoms with Crippen molar-refractivity contribution in [1.82, 2.24) is 14.9 Å². The fourth-order valence-electron chi connectivity index (χ4n) is 2.58. The predicted molar refractivity (Wildman–Crippen MR) is 71.6 cm³/mol. The molecule has 0 aliphatic carbocycles. The number of rotatable bonds is 2. The molecule has 1 aliphatic rings. The van der Waals surface area contributed by atoms with Crippen molar-refractivity contribution in [2.75, 3.05) is 13.1 Å². The number of piperidine rings is 1. The molecule has 0 radical (unpaired) electrons. The van der Waals surface area contributed by atoms with Crippen molar-refractivity contribution in [2.45, 2.75) is 19.4 Å². The van der Waals surface area contributed by atoms with Crippen LogP contribution in [0.3, 0.4) is 0 Å². The van der Waals surface area contributed by atoms with E-state index in [0.29, 0.717) is 11.3 Å². The molecular weight excluding hydrogens is 226 g/mol. The summed E-state index contributed by atoms with van der Waals surface area (Å²) in [7, 11) is 0. The van der Waals surface area contributed by atoms with E-state index >= 15 is 0 Å². The monoisotopic (exact) mass is 243 g/mol. The summed E-state index contributed by atoms with van der Waals surface area (Å²) >= 11 is 0. The molecule has 0 atom stereocenters. The third-order valence-electron chi connectivity index (χ3n) is 3.65. The zero-order valence-corrected chi connectivity index (χ0v) is 10.3. The number of hydrogen-bond acceptors (Lipinski definition) is 3. The van der Waals surface area contributed by atoms with Crippen LogP contribution >= 0.6 is 0 Å². The lowest BCUT2D eigenvalue weighted by Gasteiger charge is -2.23. The van der Waals surface area contributed by atoms with Crippen molar-refractivity contribution >= 4 is 10.9 Å². The number of nitrogens with zero attached hydrogens (tertiary/aromatic N) is 2. The molecule has 1 aliphatic heterocycles. The van der Waals surface area contributed by atoms with Gasteiger partial charge in [0.15, 0.2) is 0 Å². The van der Waals surface area contributed by atoms with Gasteiger partial charge in [-0.1, -0.05) is 12.1 Å². The van der Waals surface area contributed by atoms with E-state index in [4.69, 9.17) is 0 Å². The second-order valence-electron chi connectivity index (χ2n) is 4.91. The number of nitrogens with one attached hydrogen (secondary N) is 1. The van der Waals surface area contributed by atoms with Gasteiger partial charge in [-0.3, -0.25) is 9.36 Å². The smallest absolute Gasteiger partial charge is 0.261 e. The second-order valence-corrected chi connectivity index (χ2v) is 4.91. The topological polar surface area (TPSA) is 46.9 Å². The van der Waals surface area contributed by atoms with Gasteiger partial charge >= 0.3 is 0 Å². The first-order valence-corrected chi connectivity index (χ1v) is 6.49. The average molecular weight is 243 g/mol. The Labute approximate surface area is 106 Å². The lowest BCUT2D eigenvalue weighted by molar-refractivity contribution is 0.329. The molecule has 2 aromatic rings. The Hall–Kier alpha value is -1.68. The van der Waals surface area contributed by atoms with Crippen molar-refractivity contribution in [1.29, 1.82) is 0 Å². The highest BCUT2D eigenvalue weighted by Gasteiger charge is 2.14. The maximum atomic E-state index is 12.3. The van der Waals surface area contributed by atoms with Crippen molar-refractivity contribution in [3.8, 4) is 0 Å². The zero-order valence-electron chi connectivity index (χ0n) is 10.3. The molecule has 0 bridgehead atoms. The second kappa shape index (κ2) is 4.90. The summed E-state index contributed by atoms with van der Waals surface area (Å²) in [6, 6.07) is 7.53. The predicted octanol–water partition coefficient (Wildman–Crippen LogP) is 1.40. The number of fused-ring (bicyclic) bond motifs is 1. The first-order chi connectivity index (χ1) is 8.84. The van der Waals surface area contributed by atoms with Crippen LogP contribution < -0.4 is 10.9 Å². The van der Waals surface area contributed by atoms with Gasteiger partial charge in [-0.15, -0.1) is 0 Å². The van der Waals surface area contributed by atoms with Gasteiger partial charge in [0.25, 0.3) is 5.56 Å². The molecule has 1 N–H and O–H groups in total. The molecule has 0 saturated carbocycles. The van der Waals surface area contributed by atoms with E-state index in [-0.39, 0.29) is 5.56 Å². The van der Waals surface area contributed by atoms with Crippen LogP contribution in [0.15, 0.2) is 35.4 Å². The SMILES string of the molecule is O=c1c2ccccc2ncn1CC1CCNCC1. The standard InChI is InChI=1S/C14H17N3O/c18-14-12-3-1-2-4-13(12)16-10-17(14)9-11-5-7-15-8-6-11/h1-4,10-11,15H,5-9H2. The molecule has 2 heterocycles. The average Bonchev–Trinajstić information content (AvgIpc) is 2.43. The van der Waals surface area contributed by atoms with Crippen LogP contribution in [0.2, 0.25) is 0 Å². The number of benzene rings is 1. The van der Waals surface area contributed by atoms with Gasteiger partial charge in [-0.05, 0) is 44.0 Å². The molecule has 0 unspecified atom stereocenters. The van der Waals surface area contributed by atoms with Gasteiger partial charge in [0, 0.05) is 6.54 Å². The third kappa shape index (κ3) is 2.16. The lowest BCUT2D eigenvalue weighted by Crippen LogP contribution is -2.32. The van der Waals surface area contributed by atoms with E-state index in [2.05, 4.69) is 10.3 Å². The highest BCUT2D eigenvalue weighted by molar-refractivity contribution is 5.76. The first-order valence-electron chi connectivity index (χ1n) is 6.49. The molecule has 1 saturated heterocycles. The first kappa shape index (κ1) is 11.4. The van der Waals surface area contributed by atoms with Gasteiger partial charge in [-0.2, -0.15) is 0 Å². The molecule has 1 fully saturated rings. The van der Waals surface area contributed by atoms with Crippen molar-refractivity contribution in [3.63, 3.8) is 0 Å². The lowest BCUT2D eigenvalue weighted by atomic mass is 9.98. The third-order valence-corrected chi connectivity index (χ3v) is 3.65. The van der Waals surface area contributed by atoms with E-state index in [1.54, 1.807) is 10.9 Å². The Morgan fingerprint density at radius 1 is 1.28 bits per heavy atom. The Bertz CT molecular complexity index is 599. The molecule has 1 aromatic carbocycles. The molecule has 0 spiro atoms. The van der Waals surface area contributed by atoms with Crippen molar-refractivity contribution in [2.24, 2.45) is 5.92 Å². The maximum Gasteiger partial charge on any atom is 0.261 e. The van der Waals surface area contributed by atoms with Crippen LogP contribution in [-0.4, -0.2) is 22.6 Å². The van der Waals surface area contributed by atoms with E-state index in [1.165, 1.54) is 0 Å². The summed E-state index contributed by atoms with van der Waals surface area (Å²) in [5, 5.41) is 4.06. The molecule has 18 heavy (non-hydrogen) atoms. The van der Waals surface area contributed by atoms with E-state index < -0.39 is 0 Å². The van der Waals surface area contributed by atoms with Crippen LogP contribution in [0.5, 0.6) is 0 Å². The van der Waals surface area contributed by atoms with Crippen molar-refractivity contribution in [3.05, 3.63) is 40.9 Å². The zero-order chi connectivity index (χ0) is 12.4. The quantitative estimate of drug-likeness (QED) is 0.867. The summed E-state index contributed by atoms with van der Waals surface area (Å²) in [5.74, 6) is 0.590. The van der Waals surface area contributed by atoms with E-state index in [0.717, 1.165) is 38.0 Å². The van der Waals surface area contributed by atoms with Gasteiger partial charge in [0.1, 0.15) is 0 Å². The molecule has 94 valence electrons. The molecule has 4 nitrogen and oxygen atoms in total. The van der Waals surface area contributed by atoms with Gasteiger partial charge in [0.2, 0.25) is 0 Å². The Kier molecular flexibility index (Phi) is 3.11. The minimum atomic E-state index is 0.0825. The van der Waals surface area contributed by atoms with Gasteiger partial charge in [-0.25, -0.2) is 4.98 Å². The van der Waals surface area contributed by atoms with Crippen LogP contribution in [-0.2, 0) is 6.54 Å². The summed E-state index contributed by atoms with van der Waals surface area (Å²) in [5.41, 5.74) is 0.864. The highest BCUT2D eigenvalue weighted by Crippen LogP contribution is 2.13. The number of aromatic nitrogens is 2. The highest BCUT2D eigenvalue weighted by atomic mass is 16.1. The van der Waals surface area contributed by atoms with Crippen LogP contribution in [0.25, 0.3) is 10.9 Å². The Balaban J connectivity index is 1.92. The fourth-order valence-corrected chi connectivity index (χ4v) is 2.58. The fraction of sp³-hybridized carbons (Fsp3) is 0.429. The molecular formula is C14H17N3O. The molecule has 0 amide bonds. The van der Waals surface area contributed by atoms with E-state index in [9.17, 15) is 4.79 Å². The summed E-state index contributed by atoms with van der Waals surface area (Å²) in [4.78, 5) is 16.7. The Morgan fingerprint density at radius 2 is 2.06 bits per heavy atom. The number of para-hydroxylation sites is 1. The van der Waals surface area contributed by atoms with Crippen LogP contribution in [0, 0.1) is 5.92 Å². The van der Waals surface area contributed by atoms with Gasteiger partial charge in [0.05, 0.1) is 17.2 Å². The maximum absolute atomic E-state index is 12.3. The largest absolute Gasteiger partial charge is 0.317 e.